The van der Waals surface area contributed by atoms with E-state index in [4.69, 9.17) is 5.73 Å². The Morgan fingerprint density at radius 3 is 2.83 bits per heavy atom. The zero-order chi connectivity index (χ0) is 16.9. The van der Waals surface area contributed by atoms with Gasteiger partial charge in [0.25, 0.3) is 0 Å². The van der Waals surface area contributed by atoms with Gasteiger partial charge in [-0.1, -0.05) is 0 Å². The maximum Gasteiger partial charge on any atom is 0.250 e. The molecule has 4 saturated heterocycles. The molecular weight excluding hydrogens is 328 g/mol. The summed E-state index contributed by atoms with van der Waals surface area (Å²) in [7, 11) is 0. The summed E-state index contributed by atoms with van der Waals surface area (Å²) in [5.41, 5.74) is 4.78. The fourth-order valence-corrected chi connectivity index (χ4v) is 6.21. The molecule has 0 aromatic heterocycles. The highest BCUT2D eigenvalue weighted by Crippen LogP contribution is 2.48. The normalized spacial score (nSPS) is 38.8. The third kappa shape index (κ3) is 2.26. The van der Waals surface area contributed by atoms with Crippen molar-refractivity contribution in [2.45, 2.75) is 61.5 Å². The summed E-state index contributed by atoms with van der Waals surface area (Å²) in [6.07, 6.45) is 4.61. The summed E-state index contributed by atoms with van der Waals surface area (Å²) < 4.78 is 0. The van der Waals surface area contributed by atoms with Crippen molar-refractivity contribution in [2.75, 3.05) is 18.8 Å². The minimum absolute atomic E-state index is 0.0336. The fraction of sp³-hybridized carbons (Fsp3) is 0.812. The first-order valence-electron chi connectivity index (χ1n) is 8.83. The van der Waals surface area contributed by atoms with Crippen molar-refractivity contribution in [3.05, 3.63) is 0 Å². The lowest BCUT2D eigenvalue weighted by molar-refractivity contribution is -0.150. The first-order valence-corrected chi connectivity index (χ1v) is 9.88. The second-order valence-corrected chi connectivity index (χ2v) is 8.51. The Morgan fingerprint density at radius 1 is 1.29 bits per heavy atom. The molecular formula is C16H24N4O3S. The highest BCUT2D eigenvalue weighted by atomic mass is 32.2. The number of fused-ring (bicyclic) bond motifs is 1. The quantitative estimate of drug-likeness (QED) is 0.708. The van der Waals surface area contributed by atoms with Crippen LogP contribution in [-0.2, 0) is 14.4 Å². The van der Waals surface area contributed by atoms with Gasteiger partial charge in [0.05, 0.1) is 11.4 Å². The molecule has 0 bridgehead atoms. The van der Waals surface area contributed by atoms with Crippen LogP contribution in [-0.4, -0.2) is 69.4 Å². The van der Waals surface area contributed by atoms with Gasteiger partial charge in [0.1, 0.15) is 11.6 Å². The topological polar surface area (TPSA) is 95.7 Å². The van der Waals surface area contributed by atoms with Crippen LogP contribution in [0.5, 0.6) is 0 Å². The SMILES string of the molecule is NC(=O)[C@H]1CCS[C@@H]2C[C@]3(CCCN3C(=O)[C@H]3CCCN3)C(=O)N12. The number of carbonyl (C=O) groups excluding carboxylic acids is 3. The second kappa shape index (κ2) is 5.91. The number of carbonyl (C=O) groups is 3. The molecule has 24 heavy (non-hydrogen) atoms. The van der Waals surface area contributed by atoms with Gasteiger partial charge >= 0.3 is 0 Å². The molecule has 4 aliphatic heterocycles. The van der Waals surface area contributed by atoms with E-state index >= 15 is 0 Å². The average Bonchev–Trinajstić information content (AvgIpc) is 3.28. The van der Waals surface area contributed by atoms with Crippen LogP contribution >= 0.6 is 11.8 Å². The molecule has 4 atom stereocenters. The van der Waals surface area contributed by atoms with Crippen molar-refractivity contribution in [2.24, 2.45) is 5.73 Å². The van der Waals surface area contributed by atoms with Crippen LogP contribution in [0, 0.1) is 0 Å². The van der Waals surface area contributed by atoms with Crippen LogP contribution in [0.25, 0.3) is 0 Å². The Morgan fingerprint density at radius 2 is 2.12 bits per heavy atom. The van der Waals surface area contributed by atoms with Crippen LogP contribution in [0.2, 0.25) is 0 Å². The van der Waals surface area contributed by atoms with E-state index in [1.54, 1.807) is 16.7 Å². The van der Waals surface area contributed by atoms with Gasteiger partial charge in [-0.3, -0.25) is 14.4 Å². The smallest absolute Gasteiger partial charge is 0.250 e. The molecule has 132 valence electrons. The number of hydrogen-bond acceptors (Lipinski definition) is 5. The number of primary amides is 1. The van der Waals surface area contributed by atoms with Crippen LogP contribution in [0.1, 0.15) is 38.5 Å². The molecule has 0 saturated carbocycles. The molecule has 0 radical (unpaired) electrons. The molecule has 4 rings (SSSR count). The summed E-state index contributed by atoms with van der Waals surface area (Å²) in [4.78, 5) is 41.6. The monoisotopic (exact) mass is 352 g/mol. The van der Waals surface area contributed by atoms with E-state index in [0.29, 0.717) is 25.8 Å². The van der Waals surface area contributed by atoms with E-state index in [0.717, 1.165) is 31.6 Å². The Hall–Kier alpha value is -1.28. The first kappa shape index (κ1) is 16.2. The molecule has 8 heteroatoms. The lowest BCUT2D eigenvalue weighted by Crippen LogP contribution is -2.58. The van der Waals surface area contributed by atoms with Gasteiger partial charge in [0.2, 0.25) is 17.7 Å². The van der Waals surface area contributed by atoms with E-state index in [1.165, 1.54) is 0 Å². The largest absolute Gasteiger partial charge is 0.368 e. The van der Waals surface area contributed by atoms with Crippen molar-refractivity contribution >= 4 is 29.5 Å². The van der Waals surface area contributed by atoms with Crippen molar-refractivity contribution in [1.29, 1.82) is 0 Å². The minimum atomic E-state index is -0.753. The first-order chi connectivity index (χ1) is 11.5. The summed E-state index contributed by atoms with van der Waals surface area (Å²) in [6.45, 7) is 1.49. The van der Waals surface area contributed by atoms with E-state index < -0.39 is 17.5 Å². The maximum atomic E-state index is 13.3. The zero-order valence-corrected chi connectivity index (χ0v) is 14.5. The number of thioether (sulfide) groups is 1. The second-order valence-electron chi connectivity index (χ2n) is 7.22. The minimum Gasteiger partial charge on any atom is -0.368 e. The van der Waals surface area contributed by atoms with Gasteiger partial charge in [0, 0.05) is 13.0 Å². The summed E-state index contributed by atoms with van der Waals surface area (Å²) in [5, 5.41) is 3.22. The molecule has 0 unspecified atom stereocenters. The predicted octanol–water partition coefficient (Wildman–Crippen LogP) is -0.351. The Kier molecular flexibility index (Phi) is 3.99. The number of amides is 3. The number of likely N-dealkylation sites (tertiary alicyclic amines) is 1. The Bertz CT molecular complexity index is 580. The van der Waals surface area contributed by atoms with Crippen molar-refractivity contribution < 1.29 is 14.4 Å². The van der Waals surface area contributed by atoms with Gasteiger partial charge in [-0.25, -0.2) is 0 Å². The van der Waals surface area contributed by atoms with E-state index in [-0.39, 0.29) is 23.2 Å². The van der Waals surface area contributed by atoms with Crippen LogP contribution < -0.4 is 11.1 Å². The molecule has 4 aliphatic rings. The molecule has 4 heterocycles. The van der Waals surface area contributed by atoms with Gasteiger partial charge < -0.3 is 20.9 Å². The lowest BCUT2D eigenvalue weighted by Gasteiger charge is -2.37. The summed E-state index contributed by atoms with van der Waals surface area (Å²) in [5.74, 6) is 0.390. The predicted molar refractivity (Wildman–Crippen MR) is 90.0 cm³/mol. The van der Waals surface area contributed by atoms with Gasteiger partial charge in [-0.05, 0) is 44.4 Å². The molecule has 0 aromatic rings. The number of nitrogens with one attached hydrogen (secondary N) is 1. The molecule has 0 aliphatic carbocycles. The van der Waals surface area contributed by atoms with Gasteiger partial charge in [0.15, 0.2) is 0 Å². The van der Waals surface area contributed by atoms with Crippen molar-refractivity contribution in [3.63, 3.8) is 0 Å². The molecule has 3 amide bonds. The summed E-state index contributed by atoms with van der Waals surface area (Å²) >= 11 is 1.71. The number of nitrogens with zero attached hydrogens (tertiary/aromatic N) is 2. The number of hydrogen-bond donors (Lipinski definition) is 2. The molecule has 3 N–H and O–H groups in total. The molecule has 0 aromatic carbocycles. The summed E-state index contributed by atoms with van der Waals surface area (Å²) in [6, 6.07) is -0.685. The lowest BCUT2D eigenvalue weighted by atomic mass is 9.93. The Balaban J connectivity index is 1.63. The van der Waals surface area contributed by atoms with Crippen LogP contribution in [0.3, 0.4) is 0 Å². The van der Waals surface area contributed by atoms with Gasteiger partial charge in [-0.2, -0.15) is 0 Å². The average molecular weight is 352 g/mol. The van der Waals surface area contributed by atoms with E-state index in [2.05, 4.69) is 5.32 Å². The number of rotatable bonds is 2. The highest BCUT2D eigenvalue weighted by Gasteiger charge is 2.61. The highest BCUT2D eigenvalue weighted by molar-refractivity contribution is 7.99. The van der Waals surface area contributed by atoms with Crippen LogP contribution in [0.15, 0.2) is 0 Å². The zero-order valence-electron chi connectivity index (χ0n) is 13.7. The maximum absolute atomic E-state index is 13.3. The molecule has 1 spiro atoms. The third-order valence-electron chi connectivity index (χ3n) is 5.93. The standard InChI is InChI=1S/C16H24N4O3S/c17-13(21)11-4-8-24-12-9-16(15(23)20(11)12)5-2-7-19(16)14(22)10-3-1-6-18-10/h10-12,18H,1-9H2,(H2,17,21)/t10-,11-,12-,16-/m1/s1. The van der Waals surface area contributed by atoms with E-state index in [1.807, 2.05) is 4.90 Å². The third-order valence-corrected chi connectivity index (χ3v) is 7.18. The van der Waals surface area contributed by atoms with E-state index in [9.17, 15) is 14.4 Å². The van der Waals surface area contributed by atoms with Crippen LogP contribution in [0.4, 0.5) is 0 Å². The van der Waals surface area contributed by atoms with Crippen molar-refractivity contribution in [1.82, 2.24) is 15.1 Å². The van der Waals surface area contributed by atoms with Crippen molar-refractivity contribution in [3.8, 4) is 0 Å². The Labute approximate surface area is 145 Å². The fourth-order valence-electron chi connectivity index (χ4n) is 4.78. The molecule has 7 nitrogen and oxygen atoms in total. The number of nitrogens with two attached hydrogens (primary N) is 1. The molecule has 4 fully saturated rings. The van der Waals surface area contributed by atoms with Gasteiger partial charge in [-0.15, -0.1) is 11.8 Å².